The maximum absolute atomic E-state index is 12.3. The number of H-pyrrole nitrogens is 1. The Labute approximate surface area is 147 Å². The third-order valence-electron chi connectivity index (χ3n) is 3.42. The summed E-state index contributed by atoms with van der Waals surface area (Å²) in [5.41, 5.74) is 6.09. The van der Waals surface area contributed by atoms with Crippen LogP contribution in [0.2, 0.25) is 0 Å². The Kier molecular flexibility index (Phi) is 8.18. The first kappa shape index (κ1) is 21.1. The average Bonchev–Trinajstić information content (AvgIpc) is 3.09. The zero-order valence-corrected chi connectivity index (χ0v) is 13.7. The Morgan fingerprint density at radius 3 is 2.31 bits per heavy atom. The van der Waals surface area contributed by atoms with E-state index < -0.39 is 48.5 Å². The first-order valence-electron chi connectivity index (χ1n) is 7.63. The molecule has 12 heteroatoms. The van der Waals surface area contributed by atoms with E-state index in [2.05, 4.69) is 20.6 Å². The molecule has 1 aromatic rings. The van der Waals surface area contributed by atoms with E-state index in [1.165, 1.54) is 12.5 Å². The van der Waals surface area contributed by atoms with E-state index in [0.717, 1.165) is 0 Å². The minimum absolute atomic E-state index is 0.0407. The monoisotopic (exact) mass is 371 g/mol. The Hall–Kier alpha value is -2.99. The number of amides is 2. The summed E-state index contributed by atoms with van der Waals surface area (Å²) in [6.07, 6.45) is 2.28. The molecular formula is C14H21N5O7. The van der Waals surface area contributed by atoms with E-state index in [4.69, 9.17) is 21.1 Å². The molecule has 0 aromatic carbocycles. The molecule has 0 spiro atoms. The maximum Gasteiger partial charge on any atom is 0.328 e. The highest BCUT2D eigenvalue weighted by atomic mass is 16.4. The van der Waals surface area contributed by atoms with E-state index in [1.54, 1.807) is 0 Å². The van der Waals surface area contributed by atoms with Crippen molar-refractivity contribution in [1.29, 1.82) is 0 Å². The fraction of sp³-hybridized carbons (Fsp3) is 0.500. The van der Waals surface area contributed by atoms with Crippen LogP contribution < -0.4 is 16.4 Å². The molecule has 1 heterocycles. The van der Waals surface area contributed by atoms with E-state index >= 15 is 0 Å². The second-order valence-corrected chi connectivity index (χ2v) is 5.46. The van der Waals surface area contributed by atoms with Crippen LogP contribution in [0.1, 0.15) is 18.5 Å². The van der Waals surface area contributed by atoms with Crippen LogP contribution in [-0.4, -0.2) is 73.8 Å². The Morgan fingerprint density at radius 2 is 1.81 bits per heavy atom. The van der Waals surface area contributed by atoms with Gasteiger partial charge in [-0.05, 0) is 6.42 Å². The number of nitrogens with two attached hydrogens (primary N) is 1. The third kappa shape index (κ3) is 6.86. The van der Waals surface area contributed by atoms with Gasteiger partial charge in [-0.25, -0.2) is 9.78 Å². The van der Waals surface area contributed by atoms with Gasteiger partial charge in [-0.15, -0.1) is 0 Å². The highest BCUT2D eigenvalue weighted by molar-refractivity contribution is 5.92. The standard InChI is InChI=1S/C14H21N5O7/c15-8(1-2-11(21)22)12(23)18-9(3-7-4-16-6-17-7)13(24)19-10(5-20)14(25)26/h4,6,8-10,20H,1-3,5,15H2,(H,16,17)(H,18,23)(H,19,24)(H,21,22)(H,25,26)/t8-,9-,10-/m0/s1. The molecule has 0 unspecified atom stereocenters. The van der Waals surface area contributed by atoms with Gasteiger partial charge in [0.25, 0.3) is 0 Å². The lowest BCUT2D eigenvalue weighted by Gasteiger charge is -2.21. The van der Waals surface area contributed by atoms with Crippen molar-refractivity contribution in [3.63, 3.8) is 0 Å². The molecule has 26 heavy (non-hydrogen) atoms. The SMILES string of the molecule is N[C@@H](CCC(=O)O)C(=O)N[C@@H](Cc1cnc[nH]1)C(=O)N[C@@H](CO)C(=O)O. The molecule has 0 bridgehead atoms. The van der Waals surface area contributed by atoms with Gasteiger partial charge in [-0.1, -0.05) is 0 Å². The molecular weight excluding hydrogens is 350 g/mol. The lowest BCUT2D eigenvalue weighted by atomic mass is 10.1. The van der Waals surface area contributed by atoms with Crippen LogP contribution in [-0.2, 0) is 25.6 Å². The molecule has 144 valence electrons. The number of aliphatic hydroxyl groups is 1. The predicted octanol–water partition coefficient (Wildman–Crippen LogP) is -2.81. The second kappa shape index (κ2) is 10.1. The summed E-state index contributed by atoms with van der Waals surface area (Å²) in [5.74, 6) is -4.17. The molecule has 2 amide bonds. The van der Waals surface area contributed by atoms with Crippen molar-refractivity contribution < 1.29 is 34.5 Å². The topological polar surface area (TPSA) is 208 Å². The van der Waals surface area contributed by atoms with Gasteiger partial charge in [0, 0.05) is 24.7 Å². The predicted molar refractivity (Wildman–Crippen MR) is 85.7 cm³/mol. The quantitative estimate of drug-likeness (QED) is 0.214. The van der Waals surface area contributed by atoms with Crippen molar-refractivity contribution in [1.82, 2.24) is 20.6 Å². The number of carboxylic acids is 2. The van der Waals surface area contributed by atoms with Crippen LogP contribution >= 0.6 is 0 Å². The number of aromatic amines is 1. The number of aromatic nitrogens is 2. The summed E-state index contributed by atoms with van der Waals surface area (Å²) in [7, 11) is 0. The van der Waals surface area contributed by atoms with Gasteiger partial charge in [-0.3, -0.25) is 14.4 Å². The number of aliphatic hydroxyl groups excluding tert-OH is 1. The molecule has 8 N–H and O–H groups in total. The van der Waals surface area contributed by atoms with Gasteiger partial charge in [0.05, 0.1) is 19.0 Å². The van der Waals surface area contributed by atoms with E-state index in [9.17, 15) is 19.2 Å². The molecule has 0 aliphatic rings. The van der Waals surface area contributed by atoms with E-state index in [0.29, 0.717) is 5.69 Å². The number of hydrogen-bond acceptors (Lipinski definition) is 7. The molecule has 0 fully saturated rings. The van der Waals surface area contributed by atoms with E-state index in [-0.39, 0.29) is 19.3 Å². The van der Waals surface area contributed by atoms with Gasteiger partial charge in [0.2, 0.25) is 11.8 Å². The minimum Gasteiger partial charge on any atom is -0.481 e. The fourth-order valence-electron chi connectivity index (χ4n) is 1.97. The normalized spacial score (nSPS) is 14.1. The van der Waals surface area contributed by atoms with Crippen LogP contribution in [0.15, 0.2) is 12.5 Å². The molecule has 1 aromatic heterocycles. The summed E-state index contributed by atoms with van der Waals surface area (Å²) in [4.78, 5) is 52.4. The van der Waals surface area contributed by atoms with Gasteiger partial charge in [-0.2, -0.15) is 0 Å². The van der Waals surface area contributed by atoms with Gasteiger partial charge < -0.3 is 36.7 Å². The summed E-state index contributed by atoms with van der Waals surface area (Å²) in [5, 5.41) is 31.0. The summed E-state index contributed by atoms with van der Waals surface area (Å²) in [6, 6.07) is -3.90. The van der Waals surface area contributed by atoms with E-state index in [1.807, 2.05) is 0 Å². The Balaban J connectivity index is 2.80. The van der Waals surface area contributed by atoms with Gasteiger partial charge in [0.1, 0.15) is 12.1 Å². The molecule has 0 saturated carbocycles. The first-order valence-corrected chi connectivity index (χ1v) is 7.63. The number of carbonyl (C=O) groups is 4. The van der Waals surface area contributed by atoms with Crippen LogP contribution in [0.5, 0.6) is 0 Å². The van der Waals surface area contributed by atoms with Crippen LogP contribution in [0.25, 0.3) is 0 Å². The van der Waals surface area contributed by atoms with Crippen molar-refractivity contribution in [3.05, 3.63) is 18.2 Å². The van der Waals surface area contributed by atoms with Crippen LogP contribution in [0, 0.1) is 0 Å². The van der Waals surface area contributed by atoms with Crippen molar-refractivity contribution in [2.75, 3.05) is 6.61 Å². The number of nitrogens with zero attached hydrogens (tertiary/aromatic N) is 1. The summed E-state index contributed by atoms with van der Waals surface area (Å²) >= 11 is 0. The highest BCUT2D eigenvalue weighted by Gasteiger charge is 2.28. The van der Waals surface area contributed by atoms with Crippen molar-refractivity contribution in [2.45, 2.75) is 37.4 Å². The van der Waals surface area contributed by atoms with Gasteiger partial charge in [0.15, 0.2) is 0 Å². The number of hydrogen-bond donors (Lipinski definition) is 7. The Bertz CT molecular complexity index is 634. The van der Waals surface area contributed by atoms with Crippen molar-refractivity contribution >= 4 is 23.8 Å². The molecule has 0 aliphatic carbocycles. The lowest BCUT2D eigenvalue weighted by Crippen LogP contribution is -2.56. The maximum atomic E-state index is 12.3. The number of aliphatic carboxylic acids is 2. The van der Waals surface area contributed by atoms with Crippen LogP contribution in [0.4, 0.5) is 0 Å². The number of nitrogens with one attached hydrogen (secondary N) is 3. The smallest absolute Gasteiger partial charge is 0.328 e. The number of carboxylic acid groups (broad SMARTS) is 2. The summed E-state index contributed by atoms with van der Waals surface area (Å²) < 4.78 is 0. The number of imidazole rings is 1. The molecule has 3 atom stereocenters. The van der Waals surface area contributed by atoms with Crippen LogP contribution in [0.3, 0.4) is 0 Å². The fourth-order valence-corrected chi connectivity index (χ4v) is 1.97. The van der Waals surface area contributed by atoms with Gasteiger partial charge >= 0.3 is 11.9 Å². The third-order valence-corrected chi connectivity index (χ3v) is 3.42. The van der Waals surface area contributed by atoms with Crippen molar-refractivity contribution in [3.8, 4) is 0 Å². The lowest BCUT2D eigenvalue weighted by molar-refractivity contribution is -0.143. The largest absolute Gasteiger partial charge is 0.481 e. The zero-order valence-electron chi connectivity index (χ0n) is 13.7. The zero-order chi connectivity index (χ0) is 19.7. The minimum atomic E-state index is -1.54. The molecule has 0 aliphatic heterocycles. The number of carbonyl (C=O) groups excluding carboxylic acids is 2. The number of rotatable bonds is 11. The molecule has 0 saturated heterocycles. The average molecular weight is 371 g/mol. The first-order chi connectivity index (χ1) is 12.2. The molecule has 12 nitrogen and oxygen atoms in total. The molecule has 0 radical (unpaired) electrons. The van der Waals surface area contributed by atoms with Crippen molar-refractivity contribution in [2.24, 2.45) is 5.73 Å². The Morgan fingerprint density at radius 1 is 1.15 bits per heavy atom. The second-order valence-electron chi connectivity index (χ2n) is 5.46. The molecule has 1 rings (SSSR count). The highest BCUT2D eigenvalue weighted by Crippen LogP contribution is 2.02. The summed E-state index contributed by atoms with van der Waals surface area (Å²) in [6.45, 7) is -0.829.